The Hall–Kier alpha value is -2.87. The lowest BCUT2D eigenvalue weighted by atomic mass is 10.0. The fraction of sp³-hybridized carbons (Fsp3) is 0.0455. The summed E-state index contributed by atoms with van der Waals surface area (Å²) in [6, 6.07) is 17.1. The van der Waals surface area contributed by atoms with Crippen LogP contribution in [-0.4, -0.2) is 0 Å². The second kappa shape index (κ2) is 8.88. The predicted molar refractivity (Wildman–Crippen MR) is 107 cm³/mol. The van der Waals surface area contributed by atoms with Gasteiger partial charge in [0.25, 0.3) is 0 Å². The average molecular weight is 416 g/mol. The molecule has 0 bridgehead atoms. The van der Waals surface area contributed by atoms with Gasteiger partial charge in [0, 0.05) is 5.56 Å². The van der Waals surface area contributed by atoms with Crippen molar-refractivity contribution in [1.82, 2.24) is 0 Å². The molecule has 0 saturated carbocycles. The van der Waals surface area contributed by atoms with Gasteiger partial charge in [-0.3, -0.25) is 0 Å². The summed E-state index contributed by atoms with van der Waals surface area (Å²) >= 11 is 12.5. The molecule has 0 spiro atoms. The highest BCUT2D eigenvalue weighted by Gasteiger charge is 2.12. The first-order valence-electron chi connectivity index (χ1n) is 8.21. The summed E-state index contributed by atoms with van der Waals surface area (Å²) in [6.45, 7) is 0.0884. The summed E-state index contributed by atoms with van der Waals surface area (Å²) in [5.74, 6) is -0.618. The van der Waals surface area contributed by atoms with E-state index >= 15 is 0 Å². The molecule has 0 aliphatic rings. The third-order valence-electron chi connectivity index (χ3n) is 3.89. The van der Waals surface area contributed by atoms with E-state index in [0.29, 0.717) is 11.1 Å². The average Bonchev–Trinajstić information content (AvgIpc) is 2.66. The number of nitriles is 1. The van der Waals surface area contributed by atoms with Crippen LogP contribution >= 0.6 is 23.2 Å². The van der Waals surface area contributed by atoms with Crippen molar-refractivity contribution in [2.24, 2.45) is 0 Å². The molecule has 0 unspecified atom stereocenters. The van der Waals surface area contributed by atoms with Crippen molar-refractivity contribution in [2.75, 3.05) is 0 Å². The highest BCUT2D eigenvalue weighted by molar-refractivity contribution is 6.37. The Bertz CT molecular complexity index is 1070. The van der Waals surface area contributed by atoms with E-state index in [2.05, 4.69) is 0 Å². The van der Waals surface area contributed by atoms with Crippen molar-refractivity contribution in [1.29, 1.82) is 5.26 Å². The zero-order valence-corrected chi connectivity index (χ0v) is 15.9. The zero-order valence-electron chi connectivity index (χ0n) is 14.4. The van der Waals surface area contributed by atoms with Gasteiger partial charge in [-0.15, -0.1) is 0 Å². The fourth-order valence-electron chi connectivity index (χ4n) is 2.60. The molecule has 0 saturated heterocycles. The maximum atomic E-state index is 14.0. The van der Waals surface area contributed by atoms with Gasteiger partial charge in [0.2, 0.25) is 0 Å². The van der Waals surface area contributed by atoms with Crippen molar-refractivity contribution in [3.8, 4) is 11.8 Å². The van der Waals surface area contributed by atoms with Crippen molar-refractivity contribution >= 4 is 34.9 Å². The largest absolute Gasteiger partial charge is 0.486 e. The Labute approximate surface area is 171 Å². The Morgan fingerprint density at radius 1 is 1.00 bits per heavy atom. The Balaban J connectivity index is 1.87. The van der Waals surface area contributed by atoms with Crippen molar-refractivity contribution in [3.63, 3.8) is 0 Å². The number of hydrogen-bond acceptors (Lipinski definition) is 2. The number of ether oxygens (including phenoxy) is 1. The molecule has 3 rings (SSSR count). The first-order valence-corrected chi connectivity index (χ1v) is 8.96. The van der Waals surface area contributed by atoms with Crippen LogP contribution in [0.3, 0.4) is 0 Å². The third-order valence-corrected chi connectivity index (χ3v) is 4.45. The van der Waals surface area contributed by atoms with Crippen molar-refractivity contribution < 1.29 is 13.5 Å². The first kappa shape index (κ1) is 19.9. The SMILES string of the molecule is N#CC(=Cc1cc(Cl)c(OCc2cccc(F)c2)c(Cl)c1)c1ccccc1F. The van der Waals surface area contributed by atoms with E-state index < -0.39 is 5.82 Å². The molecule has 0 fully saturated rings. The molecule has 0 amide bonds. The molecule has 140 valence electrons. The molecule has 3 aromatic carbocycles. The molecule has 0 radical (unpaired) electrons. The van der Waals surface area contributed by atoms with Gasteiger partial charge in [-0.2, -0.15) is 5.26 Å². The molecule has 28 heavy (non-hydrogen) atoms. The Kier molecular flexibility index (Phi) is 6.30. The predicted octanol–water partition coefficient (Wildman–Crippen LogP) is 6.91. The monoisotopic (exact) mass is 415 g/mol. The van der Waals surface area contributed by atoms with Crippen molar-refractivity contribution in [3.05, 3.63) is 99.0 Å². The number of allylic oxidation sites excluding steroid dienone is 1. The van der Waals surface area contributed by atoms with E-state index in [4.69, 9.17) is 27.9 Å². The van der Waals surface area contributed by atoms with E-state index in [0.717, 1.165) is 0 Å². The molecule has 6 heteroatoms. The first-order chi connectivity index (χ1) is 13.5. The summed E-state index contributed by atoms with van der Waals surface area (Å²) in [6.07, 6.45) is 1.49. The lowest BCUT2D eigenvalue weighted by Gasteiger charge is -2.11. The molecular weight excluding hydrogens is 403 g/mol. The van der Waals surface area contributed by atoms with E-state index in [1.165, 1.54) is 30.3 Å². The highest BCUT2D eigenvalue weighted by Crippen LogP contribution is 2.36. The molecule has 2 nitrogen and oxygen atoms in total. The third kappa shape index (κ3) is 4.69. The van der Waals surface area contributed by atoms with E-state index in [9.17, 15) is 14.0 Å². The maximum Gasteiger partial charge on any atom is 0.157 e. The molecule has 0 N–H and O–H groups in total. The van der Waals surface area contributed by atoms with Gasteiger partial charge in [0.1, 0.15) is 18.2 Å². The van der Waals surface area contributed by atoms with Crippen LogP contribution < -0.4 is 4.74 Å². The number of hydrogen-bond donors (Lipinski definition) is 0. The second-order valence-electron chi connectivity index (χ2n) is 5.88. The number of benzene rings is 3. The van der Waals surface area contributed by atoms with Crippen LogP contribution in [0.2, 0.25) is 10.0 Å². The van der Waals surface area contributed by atoms with Gasteiger partial charge < -0.3 is 4.74 Å². The lowest BCUT2D eigenvalue weighted by molar-refractivity contribution is 0.306. The van der Waals surface area contributed by atoms with Gasteiger partial charge in [-0.05, 0) is 47.5 Å². The van der Waals surface area contributed by atoms with Gasteiger partial charge in [-0.1, -0.05) is 53.5 Å². The minimum absolute atomic E-state index is 0.0884. The van der Waals surface area contributed by atoms with Crippen molar-refractivity contribution in [2.45, 2.75) is 6.61 Å². The van der Waals surface area contributed by atoms with Crippen LogP contribution in [-0.2, 0) is 6.61 Å². The number of halogens is 4. The smallest absolute Gasteiger partial charge is 0.157 e. The summed E-state index contributed by atoms with van der Waals surface area (Å²) in [4.78, 5) is 0. The maximum absolute atomic E-state index is 14.0. The standard InChI is InChI=1S/C22H13Cl2F2NO/c23-19-10-15(8-16(12-27)18-6-1-2-7-21(18)26)11-20(24)22(19)28-13-14-4-3-5-17(25)9-14/h1-11H,13H2. The van der Waals surface area contributed by atoms with Gasteiger partial charge in [0.15, 0.2) is 5.75 Å². The molecule has 0 atom stereocenters. The van der Waals surface area contributed by atoms with E-state index in [1.54, 1.807) is 36.4 Å². The second-order valence-corrected chi connectivity index (χ2v) is 6.70. The molecule has 3 aromatic rings. The zero-order chi connectivity index (χ0) is 20.1. The Morgan fingerprint density at radius 2 is 1.71 bits per heavy atom. The van der Waals surface area contributed by atoms with E-state index in [1.807, 2.05) is 6.07 Å². The van der Waals surface area contributed by atoms with Crippen LogP contribution in [0.4, 0.5) is 8.78 Å². The minimum Gasteiger partial charge on any atom is -0.486 e. The molecule has 0 heterocycles. The van der Waals surface area contributed by atoms with E-state index in [-0.39, 0.29) is 39.4 Å². The summed E-state index contributed by atoms with van der Waals surface area (Å²) in [5.41, 5.74) is 1.47. The van der Waals surface area contributed by atoms with Crippen LogP contribution in [0.1, 0.15) is 16.7 Å². The van der Waals surface area contributed by atoms with Gasteiger partial charge >= 0.3 is 0 Å². The highest BCUT2D eigenvalue weighted by atomic mass is 35.5. The molecule has 0 aliphatic heterocycles. The van der Waals surface area contributed by atoms with Crippen LogP contribution in [0.5, 0.6) is 5.75 Å². The fourth-order valence-corrected chi connectivity index (χ4v) is 3.21. The molecule has 0 aromatic heterocycles. The quantitative estimate of drug-likeness (QED) is 0.334. The number of rotatable bonds is 5. The lowest BCUT2D eigenvalue weighted by Crippen LogP contribution is -1.97. The summed E-state index contributed by atoms with van der Waals surface area (Å²) in [7, 11) is 0. The summed E-state index contributed by atoms with van der Waals surface area (Å²) < 4.78 is 32.8. The van der Waals surface area contributed by atoms with Crippen LogP contribution in [0, 0.1) is 23.0 Å². The topological polar surface area (TPSA) is 33.0 Å². The van der Waals surface area contributed by atoms with Gasteiger partial charge in [-0.25, -0.2) is 8.78 Å². The number of nitrogens with zero attached hydrogens (tertiary/aromatic N) is 1. The molecule has 0 aliphatic carbocycles. The van der Waals surface area contributed by atoms with Crippen LogP contribution in [0.25, 0.3) is 11.6 Å². The molecular formula is C22H13Cl2F2NO. The summed E-state index contributed by atoms with van der Waals surface area (Å²) in [5, 5.41) is 9.83. The van der Waals surface area contributed by atoms with Crippen LogP contribution in [0.15, 0.2) is 60.7 Å². The minimum atomic E-state index is -0.498. The van der Waals surface area contributed by atoms with Gasteiger partial charge in [0.05, 0.1) is 21.7 Å². The normalized spacial score (nSPS) is 11.2. The Morgan fingerprint density at radius 3 is 2.36 bits per heavy atom.